The van der Waals surface area contributed by atoms with Gasteiger partial charge in [-0.15, -0.1) is 0 Å². The molecule has 3 rings (SSSR count). The topological polar surface area (TPSA) is 76.7 Å². The molecule has 0 unspecified atom stereocenters. The van der Waals surface area contributed by atoms with E-state index in [1.807, 2.05) is 25.1 Å². The van der Waals surface area contributed by atoms with Gasteiger partial charge in [0.1, 0.15) is 0 Å². The van der Waals surface area contributed by atoms with Crippen LogP contribution in [0.4, 0.5) is 0 Å². The summed E-state index contributed by atoms with van der Waals surface area (Å²) in [7, 11) is 0. The summed E-state index contributed by atoms with van der Waals surface area (Å²) < 4.78 is 10.5. The molecule has 24 heavy (non-hydrogen) atoms. The van der Waals surface area contributed by atoms with Crippen LogP contribution in [-0.4, -0.2) is 31.7 Å². The van der Waals surface area contributed by atoms with Crippen molar-refractivity contribution in [2.75, 3.05) is 19.9 Å². The zero-order valence-corrected chi connectivity index (χ0v) is 13.3. The molecule has 1 heterocycles. The van der Waals surface area contributed by atoms with Crippen molar-refractivity contribution in [3.8, 4) is 11.5 Å². The van der Waals surface area contributed by atoms with E-state index < -0.39 is 0 Å². The van der Waals surface area contributed by atoms with Gasteiger partial charge in [0.05, 0.1) is 0 Å². The first-order valence-electron chi connectivity index (χ1n) is 7.67. The summed E-state index contributed by atoms with van der Waals surface area (Å²) in [5.74, 6) is 0.830. The molecule has 0 saturated heterocycles. The fraction of sp³-hybridized carbons (Fsp3) is 0.222. The minimum atomic E-state index is -0.224. The van der Waals surface area contributed by atoms with Gasteiger partial charge in [-0.05, 0) is 36.8 Å². The molecule has 0 aromatic heterocycles. The highest BCUT2D eigenvalue weighted by Gasteiger charge is 2.16. The van der Waals surface area contributed by atoms with E-state index in [1.54, 1.807) is 24.3 Å². The van der Waals surface area contributed by atoms with E-state index >= 15 is 0 Å². The van der Waals surface area contributed by atoms with Crippen LogP contribution in [0.15, 0.2) is 42.5 Å². The van der Waals surface area contributed by atoms with E-state index in [9.17, 15) is 9.59 Å². The van der Waals surface area contributed by atoms with Crippen LogP contribution in [0.3, 0.4) is 0 Å². The van der Waals surface area contributed by atoms with Crippen molar-refractivity contribution in [2.45, 2.75) is 6.92 Å². The Bertz CT molecular complexity index is 773. The zero-order chi connectivity index (χ0) is 16.9. The first-order valence-corrected chi connectivity index (χ1v) is 7.67. The van der Waals surface area contributed by atoms with Gasteiger partial charge in [-0.25, -0.2) is 0 Å². The first-order chi connectivity index (χ1) is 11.6. The Balaban J connectivity index is 1.47. The Morgan fingerprint density at radius 2 is 1.67 bits per heavy atom. The van der Waals surface area contributed by atoms with Gasteiger partial charge in [0, 0.05) is 24.2 Å². The van der Waals surface area contributed by atoms with Crippen LogP contribution in [0.5, 0.6) is 11.5 Å². The molecule has 1 aliphatic rings. The second-order valence-corrected chi connectivity index (χ2v) is 5.39. The molecule has 2 amide bonds. The highest BCUT2D eigenvalue weighted by Crippen LogP contribution is 2.32. The second kappa shape index (κ2) is 7.04. The van der Waals surface area contributed by atoms with Crippen molar-refractivity contribution in [2.24, 2.45) is 0 Å². The molecule has 1 aliphatic heterocycles. The largest absolute Gasteiger partial charge is 0.454 e. The van der Waals surface area contributed by atoms with E-state index in [1.165, 1.54) is 0 Å². The predicted molar refractivity (Wildman–Crippen MR) is 88.4 cm³/mol. The molecular formula is C18H18N2O4. The standard InChI is InChI=1S/C18H18N2O4/c1-12-4-2-3-5-14(12)18(22)20-9-8-19-17(21)13-6-7-15-16(10-13)24-11-23-15/h2-7,10H,8-9,11H2,1H3,(H,19,21)(H,20,22). The predicted octanol–water partition coefficient (Wildman–Crippen LogP) is 1.88. The summed E-state index contributed by atoms with van der Waals surface area (Å²) in [6, 6.07) is 12.4. The highest BCUT2D eigenvalue weighted by molar-refractivity contribution is 5.96. The maximum atomic E-state index is 12.1. The lowest BCUT2D eigenvalue weighted by Gasteiger charge is -2.09. The number of amides is 2. The summed E-state index contributed by atoms with van der Waals surface area (Å²) >= 11 is 0. The third-order valence-corrected chi connectivity index (χ3v) is 3.72. The van der Waals surface area contributed by atoms with Crippen molar-refractivity contribution in [3.05, 3.63) is 59.2 Å². The van der Waals surface area contributed by atoms with Gasteiger partial charge >= 0.3 is 0 Å². The van der Waals surface area contributed by atoms with Crippen molar-refractivity contribution in [1.29, 1.82) is 0 Å². The molecule has 0 saturated carbocycles. The van der Waals surface area contributed by atoms with Gasteiger partial charge in [0.2, 0.25) is 6.79 Å². The Hall–Kier alpha value is -3.02. The minimum Gasteiger partial charge on any atom is -0.454 e. The van der Waals surface area contributed by atoms with E-state index in [4.69, 9.17) is 9.47 Å². The number of ether oxygens (including phenoxy) is 2. The maximum Gasteiger partial charge on any atom is 0.251 e. The Labute approximate surface area is 139 Å². The normalized spacial score (nSPS) is 11.9. The number of carbonyl (C=O) groups is 2. The van der Waals surface area contributed by atoms with Gasteiger partial charge in [-0.3, -0.25) is 9.59 Å². The highest BCUT2D eigenvalue weighted by atomic mass is 16.7. The molecule has 6 nitrogen and oxygen atoms in total. The van der Waals surface area contributed by atoms with Crippen molar-refractivity contribution < 1.29 is 19.1 Å². The number of nitrogens with one attached hydrogen (secondary N) is 2. The van der Waals surface area contributed by atoms with Crippen molar-refractivity contribution in [3.63, 3.8) is 0 Å². The Kier molecular flexibility index (Phi) is 4.65. The SMILES string of the molecule is Cc1ccccc1C(=O)NCCNC(=O)c1ccc2c(c1)OCO2. The van der Waals surface area contributed by atoms with Crippen molar-refractivity contribution >= 4 is 11.8 Å². The van der Waals surface area contributed by atoms with Gasteiger partial charge < -0.3 is 20.1 Å². The molecule has 0 radical (unpaired) electrons. The monoisotopic (exact) mass is 326 g/mol. The van der Waals surface area contributed by atoms with Gasteiger partial charge in [-0.2, -0.15) is 0 Å². The van der Waals surface area contributed by atoms with Crippen LogP contribution in [0.25, 0.3) is 0 Å². The van der Waals surface area contributed by atoms with Crippen LogP contribution in [0, 0.1) is 6.92 Å². The number of benzene rings is 2. The van der Waals surface area contributed by atoms with Crippen LogP contribution < -0.4 is 20.1 Å². The third-order valence-electron chi connectivity index (χ3n) is 3.72. The summed E-state index contributed by atoms with van der Waals surface area (Å²) in [5.41, 5.74) is 2.04. The molecule has 0 aliphatic carbocycles. The third kappa shape index (κ3) is 3.48. The van der Waals surface area contributed by atoms with E-state index in [0.29, 0.717) is 35.7 Å². The van der Waals surface area contributed by atoms with Crippen LogP contribution in [-0.2, 0) is 0 Å². The van der Waals surface area contributed by atoms with Gasteiger partial charge in [0.25, 0.3) is 11.8 Å². The number of aryl methyl sites for hydroxylation is 1. The molecule has 6 heteroatoms. The summed E-state index contributed by atoms with van der Waals surface area (Å²) in [4.78, 5) is 24.1. The summed E-state index contributed by atoms with van der Waals surface area (Å²) in [6.45, 7) is 2.75. The maximum absolute atomic E-state index is 12.1. The van der Waals surface area contributed by atoms with E-state index in [0.717, 1.165) is 5.56 Å². The zero-order valence-electron chi connectivity index (χ0n) is 13.3. The fourth-order valence-corrected chi connectivity index (χ4v) is 2.41. The van der Waals surface area contributed by atoms with Crippen LogP contribution in [0.2, 0.25) is 0 Å². The summed E-state index contributed by atoms with van der Waals surface area (Å²) in [5, 5.41) is 5.55. The molecule has 2 aromatic rings. The molecular weight excluding hydrogens is 308 g/mol. The number of fused-ring (bicyclic) bond motifs is 1. The van der Waals surface area contributed by atoms with Crippen molar-refractivity contribution in [1.82, 2.24) is 10.6 Å². The number of hydrogen-bond donors (Lipinski definition) is 2. The number of carbonyl (C=O) groups excluding carboxylic acids is 2. The average Bonchev–Trinajstić information content (AvgIpc) is 3.06. The van der Waals surface area contributed by atoms with E-state index in [2.05, 4.69) is 10.6 Å². The molecule has 0 atom stereocenters. The van der Waals surface area contributed by atoms with Gasteiger partial charge in [0.15, 0.2) is 11.5 Å². The van der Waals surface area contributed by atoms with Gasteiger partial charge in [-0.1, -0.05) is 18.2 Å². The Morgan fingerprint density at radius 3 is 2.46 bits per heavy atom. The molecule has 2 aromatic carbocycles. The molecule has 0 spiro atoms. The lowest BCUT2D eigenvalue weighted by atomic mass is 10.1. The molecule has 124 valence electrons. The fourth-order valence-electron chi connectivity index (χ4n) is 2.41. The number of hydrogen-bond acceptors (Lipinski definition) is 4. The van der Waals surface area contributed by atoms with Crippen LogP contribution >= 0.6 is 0 Å². The molecule has 0 bridgehead atoms. The first kappa shape index (κ1) is 15.9. The number of rotatable bonds is 5. The Morgan fingerprint density at radius 1 is 0.958 bits per heavy atom. The second-order valence-electron chi connectivity index (χ2n) is 5.39. The lowest BCUT2D eigenvalue weighted by Crippen LogP contribution is -2.34. The smallest absolute Gasteiger partial charge is 0.251 e. The molecule has 0 fully saturated rings. The van der Waals surface area contributed by atoms with E-state index in [-0.39, 0.29) is 18.6 Å². The minimum absolute atomic E-state index is 0.148. The van der Waals surface area contributed by atoms with Crippen LogP contribution in [0.1, 0.15) is 26.3 Å². The average molecular weight is 326 g/mol. The summed E-state index contributed by atoms with van der Waals surface area (Å²) in [6.07, 6.45) is 0. The quantitative estimate of drug-likeness (QED) is 0.823. The molecule has 2 N–H and O–H groups in total. The lowest BCUT2D eigenvalue weighted by molar-refractivity contribution is 0.0927.